The number of rotatable bonds is 6. The van der Waals surface area contributed by atoms with Crippen molar-refractivity contribution < 1.29 is 23.8 Å². The number of methoxy groups -OCH3 is 1. The smallest absolute Gasteiger partial charge is 0.344 e. The lowest BCUT2D eigenvalue weighted by Gasteiger charge is -2.12. The summed E-state index contributed by atoms with van der Waals surface area (Å²) in [6.45, 7) is 3.27. The third-order valence-corrected chi connectivity index (χ3v) is 2.16. The standard InChI is InChI=1S/C13H17NO5/c1-8(2)19-12(15)7-18-10-5-4-9(13(14)16)6-11(10)17-3/h4-6,8H,7H2,1-3H3,(H2,14,16). The first-order valence-corrected chi connectivity index (χ1v) is 5.74. The highest BCUT2D eigenvalue weighted by atomic mass is 16.6. The van der Waals surface area contributed by atoms with Gasteiger partial charge in [-0.2, -0.15) is 0 Å². The highest BCUT2D eigenvalue weighted by Gasteiger charge is 2.11. The summed E-state index contributed by atoms with van der Waals surface area (Å²) in [5.41, 5.74) is 5.45. The third-order valence-electron chi connectivity index (χ3n) is 2.16. The van der Waals surface area contributed by atoms with Gasteiger partial charge in [0.1, 0.15) is 0 Å². The van der Waals surface area contributed by atoms with E-state index in [1.54, 1.807) is 13.8 Å². The molecule has 0 heterocycles. The predicted molar refractivity (Wildman–Crippen MR) is 68.2 cm³/mol. The molecule has 0 saturated heterocycles. The second-order valence-electron chi connectivity index (χ2n) is 4.06. The monoisotopic (exact) mass is 267 g/mol. The van der Waals surface area contributed by atoms with Crippen LogP contribution in [0.2, 0.25) is 0 Å². The molecule has 0 aliphatic rings. The molecule has 0 saturated carbocycles. The van der Waals surface area contributed by atoms with Crippen LogP contribution in [0.5, 0.6) is 11.5 Å². The van der Waals surface area contributed by atoms with E-state index in [0.29, 0.717) is 17.1 Å². The highest BCUT2D eigenvalue weighted by molar-refractivity contribution is 5.93. The van der Waals surface area contributed by atoms with Crippen molar-refractivity contribution in [3.8, 4) is 11.5 Å². The van der Waals surface area contributed by atoms with Crippen molar-refractivity contribution in [2.45, 2.75) is 20.0 Å². The quantitative estimate of drug-likeness (QED) is 0.780. The molecule has 0 spiro atoms. The second kappa shape index (κ2) is 6.63. The molecule has 0 aliphatic heterocycles. The highest BCUT2D eigenvalue weighted by Crippen LogP contribution is 2.27. The zero-order valence-corrected chi connectivity index (χ0v) is 11.1. The number of carbonyl (C=O) groups is 2. The summed E-state index contributed by atoms with van der Waals surface area (Å²) >= 11 is 0. The van der Waals surface area contributed by atoms with Crippen LogP contribution < -0.4 is 15.2 Å². The predicted octanol–water partition coefficient (Wildman–Crippen LogP) is 1.12. The van der Waals surface area contributed by atoms with Crippen molar-refractivity contribution in [1.29, 1.82) is 0 Å². The van der Waals surface area contributed by atoms with Gasteiger partial charge in [0.2, 0.25) is 5.91 Å². The molecule has 1 aromatic rings. The Hall–Kier alpha value is -2.24. The van der Waals surface area contributed by atoms with Crippen molar-refractivity contribution >= 4 is 11.9 Å². The number of amides is 1. The number of carbonyl (C=O) groups excluding carboxylic acids is 2. The van der Waals surface area contributed by atoms with Gasteiger partial charge in [-0.1, -0.05) is 0 Å². The Morgan fingerprint density at radius 2 is 1.95 bits per heavy atom. The van der Waals surface area contributed by atoms with Gasteiger partial charge in [0.15, 0.2) is 18.1 Å². The van der Waals surface area contributed by atoms with Gasteiger partial charge in [0, 0.05) is 5.56 Å². The van der Waals surface area contributed by atoms with Crippen molar-refractivity contribution in [3.05, 3.63) is 23.8 Å². The summed E-state index contributed by atoms with van der Waals surface area (Å²) in [6, 6.07) is 4.46. The fourth-order valence-electron chi connectivity index (χ4n) is 1.37. The topological polar surface area (TPSA) is 87.9 Å². The molecular weight excluding hydrogens is 250 g/mol. The normalized spacial score (nSPS) is 10.1. The van der Waals surface area contributed by atoms with Crippen LogP contribution in [0, 0.1) is 0 Å². The van der Waals surface area contributed by atoms with E-state index in [1.165, 1.54) is 25.3 Å². The van der Waals surface area contributed by atoms with E-state index in [-0.39, 0.29) is 12.7 Å². The zero-order chi connectivity index (χ0) is 14.4. The van der Waals surface area contributed by atoms with Crippen LogP contribution in [0.4, 0.5) is 0 Å². The minimum Gasteiger partial charge on any atom is -0.493 e. The molecule has 19 heavy (non-hydrogen) atoms. The lowest BCUT2D eigenvalue weighted by molar-refractivity contribution is -0.149. The van der Waals surface area contributed by atoms with Crippen molar-refractivity contribution in [3.63, 3.8) is 0 Å². The Labute approximate surface area is 111 Å². The molecule has 0 atom stereocenters. The average molecular weight is 267 g/mol. The summed E-state index contributed by atoms with van der Waals surface area (Å²) < 4.78 is 15.3. The van der Waals surface area contributed by atoms with E-state index >= 15 is 0 Å². The van der Waals surface area contributed by atoms with Crippen LogP contribution in [-0.2, 0) is 9.53 Å². The van der Waals surface area contributed by atoms with Gasteiger partial charge in [0.25, 0.3) is 0 Å². The van der Waals surface area contributed by atoms with E-state index < -0.39 is 11.9 Å². The van der Waals surface area contributed by atoms with Gasteiger partial charge in [0.05, 0.1) is 13.2 Å². The number of nitrogens with two attached hydrogens (primary N) is 1. The fourth-order valence-corrected chi connectivity index (χ4v) is 1.37. The minimum atomic E-state index is -0.566. The van der Waals surface area contributed by atoms with Gasteiger partial charge in [-0.05, 0) is 32.0 Å². The summed E-state index contributed by atoms with van der Waals surface area (Å²) in [5, 5.41) is 0. The van der Waals surface area contributed by atoms with Crippen LogP contribution in [-0.4, -0.2) is 31.7 Å². The summed E-state index contributed by atoms with van der Waals surface area (Å²) in [4.78, 5) is 22.4. The summed E-state index contributed by atoms with van der Waals surface area (Å²) in [5.74, 6) is -0.373. The molecule has 6 nitrogen and oxygen atoms in total. The molecule has 1 rings (SSSR count). The van der Waals surface area contributed by atoms with E-state index in [0.717, 1.165) is 0 Å². The lowest BCUT2D eigenvalue weighted by atomic mass is 10.2. The van der Waals surface area contributed by atoms with Crippen LogP contribution in [0.1, 0.15) is 24.2 Å². The molecule has 0 radical (unpaired) electrons. The molecule has 1 aromatic carbocycles. The lowest BCUT2D eigenvalue weighted by Crippen LogP contribution is -2.19. The van der Waals surface area contributed by atoms with Gasteiger partial charge in [-0.25, -0.2) is 4.79 Å². The maximum absolute atomic E-state index is 11.3. The van der Waals surface area contributed by atoms with E-state index in [4.69, 9.17) is 19.9 Å². The van der Waals surface area contributed by atoms with Gasteiger partial charge < -0.3 is 19.9 Å². The first-order valence-electron chi connectivity index (χ1n) is 5.74. The van der Waals surface area contributed by atoms with Crippen molar-refractivity contribution in [2.24, 2.45) is 5.73 Å². The Kier molecular flexibility index (Phi) is 5.17. The first-order chi connectivity index (χ1) is 8.93. The minimum absolute atomic E-state index is 0.199. The molecule has 0 fully saturated rings. The van der Waals surface area contributed by atoms with Gasteiger partial charge >= 0.3 is 5.97 Å². The number of primary amides is 1. The largest absolute Gasteiger partial charge is 0.493 e. The zero-order valence-electron chi connectivity index (χ0n) is 11.1. The molecule has 0 aromatic heterocycles. The van der Waals surface area contributed by atoms with E-state index in [2.05, 4.69) is 0 Å². The molecule has 1 amide bonds. The molecule has 0 unspecified atom stereocenters. The number of esters is 1. The molecule has 0 bridgehead atoms. The average Bonchev–Trinajstić information content (AvgIpc) is 2.35. The van der Waals surface area contributed by atoms with Crippen molar-refractivity contribution in [2.75, 3.05) is 13.7 Å². The van der Waals surface area contributed by atoms with Crippen LogP contribution in [0.3, 0.4) is 0 Å². The number of benzene rings is 1. The number of ether oxygens (including phenoxy) is 3. The van der Waals surface area contributed by atoms with E-state index in [1.807, 2.05) is 0 Å². The van der Waals surface area contributed by atoms with Gasteiger partial charge in [-0.3, -0.25) is 4.79 Å². The Balaban J connectivity index is 2.73. The molecule has 0 aliphatic carbocycles. The molecule has 6 heteroatoms. The Morgan fingerprint density at radius 1 is 1.26 bits per heavy atom. The molecule has 104 valence electrons. The second-order valence-corrected chi connectivity index (χ2v) is 4.06. The van der Waals surface area contributed by atoms with E-state index in [9.17, 15) is 9.59 Å². The summed E-state index contributed by atoms with van der Waals surface area (Å²) in [6.07, 6.45) is -0.199. The van der Waals surface area contributed by atoms with Crippen molar-refractivity contribution in [1.82, 2.24) is 0 Å². The number of hydrogen-bond acceptors (Lipinski definition) is 5. The maximum atomic E-state index is 11.3. The fraction of sp³-hybridized carbons (Fsp3) is 0.385. The van der Waals surface area contributed by atoms with Crippen LogP contribution >= 0.6 is 0 Å². The Bertz CT molecular complexity index is 470. The SMILES string of the molecule is COc1cc(C(N)=O)ccc1OCC(=O)OC(C)C. The van der Waals surface area contributed by atoms with Crippen LogP contribution in [0.15, 0.2) is 18.2 Å². The molecular formula is C13H17NO5. The third kappa shape index (κ3) is 4.50. The van der Waals surface area contributed by atoms with Gasteiger partial charge in [-0.15, -0.1) is 0 Å². The molecule has 2 N–H and O–H groups in total. The Morgan fingerprint density at radius 3 is 2.47 bits per heavy atom. The first kappa shape index (κ1) is 14.8. The maximum Gasteiger partial charge on any atom is 0.344 e. The van der Waals surface area contributed by atoms with Crippen LogP contribution in [0.25, 0.3) is 0 Å². The number of hydrogen-bond donors (Lipinski definition) is 1. The summed E-state index contributed by atoms with van der Waals surface area (Å²) in [7, 11) is 1.43.